The third-order valence-corrected chi connectivity index (χ3v) is 3.79. The molecule has 0 fully saturated rings. The van der Waals surface area contributed by atoms with Crippen LogP contribution in [0.4, 0.5) is 0 Å². The first kappa shape index (κ1) is 20.8. The van der Waals surface area contributed by atoms with Crippen molar-refractivity contribution in [3.63, 3.8) is 0 Å². The molecule has 126 valence electrons. The Morgan fingerprint density at radius 1 is 0.955 bits per heavy atom. The van der Waals surface area contributed by atoms with Gasteiger partial charge in [0.1, 0.15) is 5.76 Å². The van der Waals surface area contributed by atoms with E-state index in [-0.39, 0.29) is 0 Å². The minimum absolute atomic E-state index is 0.500. The molecule has 0 spiro atoms. The summed E-state index contributed by atoms with van der Waals surface area (Å²) in [6, 6.07) is 0. The average molecular weight is 341 g/mol. The van der Waals surface area contributed by atoms with Crippen molar-refractivity contribution in [3.05, 3.63) is 48.8 Å². The molecule has 3 nitrogen and oxygen atoms in total. The van der Waals surface area contributed by atoms with Gasteiger partial charge in [0.25, 0.3) is 5.95 Å². The monoisotopic (exact) mass is 340 g/mol. The van der Waals surface area contributed by atoms with E-state index in [0.29, 0.717) is 5.95 Å². The summed E-state index contributed by atoms with van der Waals surface area (Å²) in [6.45, 7) is 18.5. The summed E-state index contributed by atoms with van der Waals surface area (Å²) in [6.07, 6.45) is 11.1. The maximum absolute atomic E-state index is 6.13. The van der Waals surface area contributed by atoms with Crippen molar-refractivity contribution < 1.29 is 13.6 Å². The van der Waals surface area contributed by atoms with Crippen LogP contribution in [0.1, 0.15) is 19.8 Å². The zero-order valence-electron chi connectivity index (χ0n) is 15.2. The topological polar surface area (TPSA) is 27.7 Å². The third-order valence-electron chi connectivity index (χ3n) is 2.13. The summed E-state index contributed by atoms with van der Waals surface area (Å²) in [5, 5.41) is 0. The quantitative estimate of drug-likeness (QED) is 0.162. The second-order valence-electron chi connectivity index (χ2n) is 6.95. The Morgan fingerprint density at radius 2 is 1.55 bits per heavy atom. The van der Waals surface area contributed by atoms with E-state index in [1.807, 2.05) is 25.2 Å². The molecule has 0 saturated heterocycles. The molecular formula is C17H32O3Si2. The standard InChI is InChI=1S/C17H32O3Si2/c1-9-11-12-13-16(19-21(3,4)5)15-17(18-14-10-2)20-22(6,7)8/h9-10,13-15H,1,11-12H2,2-8H3/b14-10-,16-13-,17-15-. The first-order valence-corrected chi connectivity index (χ1v) is 14.6. The van der Waals surface area contributed by atoms with Gasteiger partial charge in [-0.05, 0) is 65.1 Å². The third kappa shape index (κ3) is 12.5. The second kappa shape index (κ2) is 9.74. The molecule has 0 amide bonds. The van der Waals surface area contributed by atoms with Gasteiger partial charge in [-0.2, -0.15) is 0 Å². The van der Waals surface area contributed by atoms with E-state index in [1.54, 1.807) is 6.26 Å². The fourth-order valence-corrected chi connectivity index (χ4v) is 3.03. The van der Waals surface area contributed by atoms with Crippen LogP contribution in [0, 0.1) is 0 Å². The Kier molecular flexibility index (Phi) is 9.20. The molecule has 0 rings (SSSR count). The van der Waals surface area contributed by atoms with Crippen LogP contribution in [0.5, 0.6) is 0 Å². The van der Waals surface area contributed by atoms with Gasteiger partial charge < -0.3 is 13.6 Å². The van der Waals surface area contributed by atoms with Crippen LogP contribution in [-0.4, -0.2) is 16.6 Å². The van der Waals surface area contributed by atoms with Gasteiger partial charge in [-0.3, -0.25) is 0 Å². The largest absolute Gasteiger partial charge is 0.544 e. The molecule has 0 radical (unpaired) electrons. The highest BCUT2D eigenvalue weighted by atomic mass is 28.4. The highest BCUT2D eigenvalue weighted by molar-refractivity contribution is 6.70. The normalized spacial score (nSPS) is 14.1. The Hall–Kier alpha value is -1.21. The van der Waals surface area contributed by atoms with E-state index in [0.717, 1.165) is 18.6 Å². The van der Waals surface area contributed by atoms with Crippen LogP contribution in [0.3, 0.4) is 0 Å². The Balaban J connectivity index is 5.32. The van der Waals surface area contributed by atoms with Crippen molar-refractivity contribution >= 4 is 16.6 Å². The maximum atomic E-state index is 6.13. The molecule has 5 heteroatoms. The highest BCUT2D eigenvalue weighted by Gasteiger charge is 2.21. The maximum Gasteiger partial charge on any atom is 0.273 e. The van der Waals surface area contributed by atoms with Gasteiger partial charge >= 0.3 is 0 Å². The number of hydrogen-bond donors (Lipinski definition) is 0. The fraction of sp³-hybridized carbons (Fsp3) is 0.529. The van der Waals surface area contributed by atoms with E-state index in [4.69, 9.17) is 13.6 Å². The Morgan fingerprint density at radius 3 is 2.00 bits per heavy atom. The average Bonchev–Trinajstić information content (AvgIpc) is 2.32. The summed E-state index contributed by atoms with van der Waals surface area (Å²) in [5.74, 6) is 1.32. The predicted octanol–water partition coefficient (Wildman–Crippen LogP) is 5.93. The Bertz CT molecular complexity index is 424. The first-order chi connectivity index (χ1) is 10.1. The first-order valence-electron chi connectivity index (χ1n) is 7.76. The molecule has 0 aromatic carbocycles. The molecule has 0 aliphatic rings. The molecule has 0 bridgehead atoms. The molecule has 0 aliphatic carbocycles. The van der Waals surface area contributed by atoms with Crippen molar-refractivity contribution in [3.8, 4) is 0 Å². The fourth-order valence-electron chi connectivity index (χ4n) is 1.47. The van der Waals surface area contributed by atoms with Crippen LogP contribution in [0.15, 0.2) is 48.8 Å². The van der Waals surface area contributed by atoms with Crippen LogP contribution < -0.4 is 0 Å². The van der Waals surface area contributed by atoms with E-state index < -0.39 is 16.6 Å². The molecule has 0 heterocycles. The van der Waals surface area contributed by atoms with E-state index in [2.05, 4.69) is 51.9 Å². The summed E-state index contributed by atoms with van der Waals surface area (Å²) in [7, 11) is -3.44. The minimum Gasteiger partial charge on any atom is -0.544 e. The molecule has 0 aromatic heterocycles. The zero-order valence-corrected chi connectivity index (χ0v) is 17.2. The number of rotatable bonds is 10. The van der Waals surface area contributed by atoms with Crippen molar-refractivity contribution in [2.24, 2.45) is 0 Å². The van der Waals surface area contributed by atoms with E-state index in [1.165, 1.54) is 0 Å². The predicted molar refractivity (Wildman–Crippen MR) is 100 cm³/mol. The Labute approximate surface area is 138 Å². The number of hydrogen-bond acceptors (Lipinski definition) is 3. The molecule has 0 aliphatic heterocycles. The molecule has 0 saturated carbocycles. The smallest absolute Gasteiger partial charge is 0.273 e. The van der Waals surface area contributed by atoms with Crippen molar-refractivity contribution in [1.82, 2.24) is 0 Å². The van der Waals surface area contributed by atoms with Gasteiger partial charge in [-0.1, -0.05) is 12.2 Å². The summed E-state index contributed by atoms with van der Waals surface area (Å²) in [5.41, 5.74) is 0. The SMILES string of the molecule is C=CCC/C=C(/C=C(/O/C=C\C)O[Si](C)(C)C)O[Si](C)(C)C. The van der Waals surface area contributed by atoms with Gasteiger partial charge in [-0.25, -0.2) is 0 Å². The minimum atomic E-state index is -1.75. The van der Waals surface area contributed by atoms with Crippen molar-refractivity contribution in [1.29, 1.82) is 0 Å². The van der Waals surface area contributed by atoms with Crippen LogP contribution in [0.2, 0.25) is 39.3 Å². The number of allylic oxidation sites excluding steroid dienone is 4. The lowest BCUT2D eigenvalue weighted by Gasteiger charge is -2.23. The van der Waals surface area contributed by atoms with Gasteiger partial charge in [0.05, 0.1) is 12.3 Å². The number of ether oxygens (including phenoxy) is 1. The van der Waals surface area contributed by atoms with Crippen LogP contribution in [0.25, 0.3) is 0 Å². The lowest BCUT2D eigenvalue weighted by molar-refractivity contribution is 0.177. The van der Waals surface area contributed by atoms with Crippen LogP contribution in [-0.2, 0) is 13.6 Å². The van der Waals surface area contributed by atoms with E-state index in [9.17, 15) is 0 Å². The van der Waals surface area contributed by atoms with Crippen LogP contribution >= 0.6 is 0 Å². The van der Waals surface area contributed by atoms with Gasteiger partial charge in [0, 0.05) is 0 Å². The molecule has 22 heavy (non-hydrogen) atoms. The summed E-state index contributed by atoms with van der Waals surface area (Å²) >= 11 is 0. The molecule has 0 aromatic rings. The molecular weight excluding hydrogens is 308 g/mol. The van der Waals surface area contributed by atoms with Gasteiger partial charge in [-0.15, -0.1) is 6.58 Å². The van der Waals surface area contributed by atoms with Crippen molar-refractivity contribution in [2.45, 2.75) is 59.0 Å². The molecule has 0 unspecified atom stereocenters. The van der Waals surface area contributed by atoms with E-state index >= 15 is 0 Å². The number of unbranched alkanes of at least 4 members (excludes halogenated alkanes) is 1. The van der Waals surface area contributed by atoms with Gasteiger partial charge in [0.2, 0.25) is 16.6 Å². The summed E-state index contributed by atoms with van der Waals surface area (Å²) < 4.78 is 17.7. The summed E-state index contributed by atoms with van der Waals surface area (Å²) in [4.78, 5) is 0. The lowest BCUT2D eigenvalue weighted by Crippen LogP contribution is -2.26. The van der Waals surface area contributed by atoms with Crippen molar-refractivity contribution in [2.75, 3.05) is 0 Å². The molecule has 0 N–H and O–H groups in total. The highest BCUT2D eigenvalue weighted by Crippen LogP contribution is 2.19. The lowest BCUT2D eigenvalue weighted by atomic mass is 10.2. The van der Waals surface area contributed by atoms with Gasteiger partial charge in [0.15, 0.2) is 0 Å². The zero-order chi connectivity index (χ0) is 17.2. The second-order valence-corrected chi connectivity index (χ2v) is 15.8. The molecule has 0 atom stereocenters.